The fourth-order valence-corrected chi connectivity index (χ4v) is 2.55. The van der Waals surface area contributed by atoms with E-state index in [1.54, 1.807) is 13.2 Å². The van der Waals surface area contributed by atoms with E-state index in [0.717, 1.165) is 24.1 Å². The van der Waals surface area contributed by atoms with Crippen molar-refractivity contribution in [1.82, 2.24) is 24.7 Å². The number of alkyl halides is 3. The number of methoxy groups -OCH3 is 1. The third kappa shape index (κ3) is 3.37. The molecule has 0 aromatic carbocycles. The molecule has 1 fully saturated rings. The first kappa shape index (κ1) is 15.9. The average Bonchev–Trinajstić information content (AvgIpc) is 2.96. The third-order valence-electron chi connectivity index (χ3n) is 3.81. The van der Waals surface area contributed by atoms with Crippen molar-refractivity contribution < 1.29 is 17.9 Å². The quantitative estimate of drug-likeness (QED) is 0.831. The molecule has 23 heavy (non-hydrogen) atoms. The molecule has 1 aliphatic rings. The number of nitrogens with zero attached hydrogens (tertiary/aromatic N) is 6. The number of aromatic nitrogens is 4. The number of anilines is 1. The van der Waals surface area contributed by atoms with Gasteiger partial charge in [0.15, 0.2) is 5.65 Å². The van der Waals surface area contributed by atoms with Crippen molar-refractivity contribution in [1.29, 1.82) is 0 Å². The molecular formula is C13H17F3N6O. The Morgan fingerprint density at radius 3 is 2.52 bits per heavy atom. The van der Waals surface area contributed by atoms with E-state index in [0.29, 0.717) is 25.5 Å². The Morgan fingerprint density at radius 1 is 1.13 bits per heavy atom. The first-order chi connectivity index (χ1) is 11.0. The predicted molar refractivity (Wildman–Crippen MR) is 76.3 cm³/mol. The number of piperazine rings is 1. The Bertz CT molecular complexity index is 665. The molecule has 0 amide bonds. The molecule has 2 aromatic rings. The van der Waals surface area contributed by atoms with Gasteiger partial charge in [0.05, 0.1) is 6.61 Å². The van der Waals surface area contributed by atoms with E-state index >= 15 is 0 Å². The summed E-state index contributed by atoms with van der Waals surface area (Å²) in [5.41, 5.74) is 0.0832. The van der Waals surface area contributed by atoms with Gasteiger partial charge < -0.3 is 9.64 Å². The van der Waals surface area contributed by atoms with Crippen molar-refractivity contribution in [3.63, 3.8) is 0 Å². The zero-order valence-corrected chi connectivity index (χ0v) is 12.6. The van der Waals surface area contributed by atoms with Gasteiger partial charge >= 0.3 is 6.18 Å². The summed E-state index contributed by atoms with van der Waals surface area (Å²) in [4.78, 5) is 4.21. The summed E-state index contributed by atoms with van der Waals surface area (Å²) in [5.74, 6) is -0.609. The molecule has 3 rings (SSSR count). The van der Waals surface area contributed by atoms with Crippen LogP contribution in [0.3, 0.4) is 0 Å². The molecule has 0 aliphatic carbocycles. The normalized spacial score (nSPS) is 17.1. The highest BCUT2D eigenvalue weighted by Gasteiger charge is 2.37. The fraction of sp³-hybridized carbons (Fsp3) is 0.615. The number of fused-ring (bicyclic) bond motifs is 1. The minimum atomic E-state index is -4.58. The summed E-state index contributed by atoms with van der Waals surface area (Å²) in [5, 5.41) is 10.8. The lowest BCUT2D eigenvalue weighted by Gasteiger charge is -2.35. The lowest BCUT2D eigenvalue weighted by atomic mass is 10.3. The summed E-state index contributed by atoms with van der Waals surface area (Å²) in [6, 6.07) is 3.18. The largest absolute Gasteiger partial charge is 0.453 e. The van der Waals surface area contributed by atoms with Crippen molar-refractivity contribution in [2.24, 2.45) is 0 Å². The van der Waals surface area contributed by atoms with Crippen LogP contribution in [0.5, 0.6) is 0 Å². The van der Waals surface area contributed by atoms with Crippen LogP contribution < -0.4 is 4.90 Å². The van der Waals surface area contributed by atoms with Crippen LogP contribution >= 0.6 is 0 Å². The molecule has 0 spiro atoms. The van der Waals surface area contributed by atoms with Gasteiger partial charge in [0.2, 0.25) is 0 Å². The SMILES string of the molecule is COCCN1CCN(c2ccc3nnc(C(F)(F)F)n3n2)CC1. The summed E-state index contributed by atoms with van der Waals surface area (Å²) < 4.78 is 44.5. The summed E-state index contributed by atoms with van der Waals surface area (Å²) in [6.45, 7) is 4.55. The van der Waals surface area contributed by atoms with Crippen LogP contribution in [0, 0.1) is 0 Å². The molecule has 1 saturated heterocycles. The molecule has 3 heterocycles. The maximum Gasteiger partial charge on any atom is 0.453 e. The molecule has 0 unspecified atom stereocenters. The predicted octanol–water partition coefficient (Wildman–Crippen LogP) is 0.911. The van der Waals surface area contributed by atoms with Gasteiger partial charge in [-0.15, -0.1) is 15.3 Å². The van der Waals surface area contributed by atoms with E-state index in [2.05, 4.69) is 20.2 Å². The Hall–Kier alpha value is -1.94. The third-order valence-corrected chi connectivity index (χ3v) is 3.81. The molecule has 0 bridgehead atoms. The molecule has 2 aromatic heterocycles. The topological polar surface area (TPSA) is 58.8 Å². The van der Waals surface area contributed by atoms with E-state index in [1.807, 2.05) is 4.90 Å². The van der Waals surface area contributed by atoms with Crippen molar-refractivity contribution in [2.75, 3.05) is 51.3 Å². The second-order valence-electron chi connectivity index (χ2n) is 5.30. The van der Waals surface area contributed by atoms with Crippen molar-refractivity contribution in [2.45, 2.75) is 6.18 Å². The second kappa shape index (κ2) is 6.28. The molecule has 0 saturated carbocycles. The zero-order valence-electron chi connectivity index (χ0n) is 12.6. The number of hydrogen-bond donors (Lipinski definition) is 0. The van der Waals surface area contributed by atoms with E-state index in [4.69, 9.17) is 4.74 Å². The van der Waals surface area contributed by atoms with E-state index in [-0.39, 0.29) is 5.65 Å². The van der Waals surface area contributed by atoms with Crippen LogP contribution in [0.1, 0.15) is 5.82 Å². The minimum Gasteiger partial charge on any atom is -0.383 e. The number of hydrogen-bond acceptors (Lipinski definition) is 6. The first-order valence-electron chi connectivity index (χ1n) is 7.25. The highest BCUT2D eigenvalue weighted by atomic mass is 19.4. The van der Waals surface area contributed by atoms with Crippen LogP contribution in [0.25, 0.3) is 5.65 Å². The maximum atomic E-state index is 12.9. The van der Waals surface area contributed by atoms with Gasteiger partial charge in [0.1, 0.15) is 5.82 Å². The molecular weight excluding hydrogens is 313 g/mol. The molecule has 1 aliphatic heterocycles. The van der Waals surface area contributed by atoms with Crippen LogP contribution in [0.4, 0.5) is 19.0 Å². The number of rotatable bonds is 4. The van der Waals surface area contributed by atoms with Crippen LogP contribution in [0.2, 0.25) is 0 Å². The highest BCUT2D eigenvalue weighted by Crippen LogP contribution is 2.28. The molecule has 0 N–H and O–H groups in total. The Balaban J connectivity index is 1.76. The van der Waals surface area contributed by atoms with Crippen LogP contribution in [-0.2, 0) is 10.9 Å². The summed E-state index contributed by atoms with van der Waals surface area (Å²) >= 11 is 0. The van der Waals surface area contributed by atoms with Gasteiger partial charge in [-0.05, 0) is 12.1 Å². The molecule has 7 nitrogen and oxygen atoms in total. The zero-order chi connectivity index (χ0) is 16.4. The lowest BCUT2D eigenvalue weighted by Crippen LogP contribution is -2.47. The minimum absolute atomic E-state index is 0.0832. The van der Waals surface area contributed by atoms with Gasteiger partial charge in [-0.2, -0.15) is 17.7 Å². The van der Waals surface area contributed by atoms with Gasteiger partial charge in [-0.3, -0.25) is 4.90 Å². The molecule has 126 valence electrons. The number of halogens is 3. The Kier molecular flexibility index (Phi) is 4.35. The first-order valence-corrected chi connectivity index (χ1v) is 7.25. The molecule has 10 heteroatoms. The van der Waals surface area contributed by atoms with E-state index < -0.39 is 12.0 Å². The van der Waals surface area contributed by atoms with E-state index in [9.17, 15) is 13.2 Å². The second-order valence-corrected chi connectivity index (χ2v) is 5.30. The smallest absolute Gasteiger partial charge is 0.383 e. The van der Waals surface area contributed by atoms with E-state index in [1.165, 1.54) is 6.07 Å². The standard InChI is InChI=1S/C13H17F3N6O/c1-23-9-8-20-4-6-21(7-5-20)11-3-2-10-17-18-12(13(14,15)16)22(10)19-11/h2-3H,4-9H2,1H3. The average molecular weight is 330 g/mol. The van der Waals surface area contributed by atoms with Gasteiger partial charge in [0, 0.05) is 39.8 Å². The Morgan fingerprint density at radius 2 is 1.87 bits per heavy atom. The highest BCUT2D eigenvalue weighted by molar-refractivity contribution is 5.46. The fourth-order valence-electron chi connectivity index (χ4n) is 2.55. The summed E-state index contributed by atoms with van der Waals surface area (Å²) in [7, 11) is 1.66. The van der Waals surface area contributed by atoms with Crippen molar-refractivity contribution in [3.8, 4) is 0 Å². The number of ether oxygens (including phenoxy) is 1. The lowest BCUT2D eigenvalue weighted by molar-refractivity contribution is -0.146. The van der Waals surface area contributed by atoms with Gasteiger partial charge in [-0.25, -0.2) is 0 Å². The molecule has 0 atom stereocenters. The molecule has 0 radical (unpaired) electrons. The Labute approximate surface area is 130 Å². The van der Waals surface area contributed by atoms with Crippen molar-refractivity contribution >= 4 is 11.5 Å². The maximum absolute atomic E-state index is 12.9. The van der Waals surface area contributed by atoms with Crippen LogP contribution in [-0.4, -0.2) is 71.2 Å². The van der Waals surface area contributed by atoms with Gasteiger partial charge in [-0.1, -0.05) is 0 Å². The van der Waals surface area contributed by atoms with Crippen LogP contribution in [0.15, 0.2) is 12.1 Å². The summed E-state index contributed by atoms with van der Waals surface area (Å²) in [6.07, 6.45) is -4.58. The monoisotopic (exact) mass is 330 g/mol. The van der Waals surface area contributed by atoms with Gasteiger partial charge in [0.25, 0.3) is 5.82 Å². The van der Waals surface area contributed by atoms with Crippen molar-refractivity contribution in [3.05, 3.63) is 18.0 Å².